The minimum Gasteiger partial charge on any atom is -0.497 e. The first-order valence-electron chi connectivity index (χ1n) is 8.19. The van der Waals surface area contributed by atoms with Crippen LogP contribution in [-0.2, 0) is 6.42 Å². The fourth-order valence-electron chi connectivity index (χ4n) is 2.36. The lowest BCUT2D eigenvalue weighted by molar-refractivity contribution is 0.244. The lowest BCUT2D eigenvalue weighted by Crippen LogP contribution is -2.37. The van der Waals surface area contributed by atoms with Gasteiger partial charge in [-0.15, -0.1) is 0 Å². The first-order valence-corrected chi connectivity index (χ1v) is 8.19. The summed E-state index contributed by atoms with van der Waals surface area (Å²) < 4.78 is 5.18. The van der Waals surface area contributed by atoms with Crippen molar-refractivity contribution in [1.29, 1.82) is 0 Å². The molecule has 1 heterocycles. The van der Waals surface area contributed by atoms with Crippen LogP contribution in [-0.4, -0.2) is 48.6 Å². The van der Waals surface area contributed by atoms with Gasteiger partial charge in [-0.25, -0.2) is 14.8 Å². The predicted octanol–water partition coefficient (Wildman–Crippen LogP) is 2.47. The molecule has 1 atom stereocenters. The molecule has 0 aliphatic rings. The zero-order valence-electron chi connectivity index (χ0n) is 15.1. The number of hydrogen-bond acceptors (Lipinski definition) is 5. The molecule has 2 amide bonds. The van der Waals surface area contributed by atoms with Gasteiger partial charge in [0.25, 0.3) is 0 Å². The normalized spacial score (nSPS) is 11.9. The molecule has 25 heavy (non-hydrogen) atoms. The Morgan fingerprint density at radius 3 is 2.36 bits per heavy atom. The number of carbonyl (C=O) groups is 1. The summed E-state index contributed by atoms with van der Waals surface area (Å²) in [6.45, 7) is 2.65. The van der Waals surface area contributed by atoms with Gasteiger partial charge in [-0.05, 0) is 31.8 Å². The number of carbonyl (C=O) groups excluding carboxylic acids is 1. The SMILES string of the molecule is CCc1ncc(NC(=O)N[C@H](CN(C)C)c2ccc(OC)cc2)cn1. The van der Waals surface area contributed by atoms with Crippen molar-refractivity contribution in [3.63, 3.8) is 0 Å². The van der Waals surface area contributed by atoms with Gasteiger partial charge in [0.15, 0.2) is 0 Å². The van der Waals surface area contributed by atoms with Crippen molar-refractivity contribution in [3.05, 3.63) is 48.0 Å². The number of urea groups is 1. The van der Waals surface area contributed by atoms with Gasteiger partial charge < -0.3 is 20.3 Å². The van der Waals surface area contributed by atoms with Gasteiger partial charge in [0.05, 0.1) is 31.2 Å². The molecule has 0 spiro atoms. The van der Waals surface area contributed by atoms with Crippen molar-refractivity contribution >= 4 is 11.7 Å². The maximum atomic E-state index is 12.3. The lowest BCUT2D eigenvalue weighted by Gasteiger charge is -2.23. The number of aromatic nitrogens is 2. The van der Waals surface area contributed by atoms with E-state index in [-0.39, 0.29) is 12.1 Å². The molecule has 2 aromatic rings. The highest BCUT2D eigenvalue weighted by atomic mass is 16.5. The van der Waals surface area contributed by atoms with Crippen LogP contribution in [0.25, 0.3) is 0 Å². The third-order valence-corrected chi connectivity index (χ3v) is 3.65. The third kappa shape index (κ3) is 5.72. The Labute approximate surface area is 148 Å². The summed E-state index contributed by atoms with van der Waals surface area (Å²) in [4.78, 5) is 22.7. The van der Waals surface area contributed by atoms with E-state index in [1.807, 2.05) is 50.2 Å². The highest BCUT2D eigenvalue weighted by Gasteiger charge is 2.16. The van der Waals surface area contributed by atoms with Gasteiger partial charge in [0, 0.05) is 13.0 Å². The average Bonchev–Trinajstić information content (AvgIpc) is 2.61. The first-order chi connectivity index (χ1) is 12.0. The molecule has 0 bridgehead atoms. The highest BCUT2D eigenvalue weighted by Crippen LogP contribution is 2.18. The molecule has 7 nitrogen and oxygen atoms in total. The van der Waals surface area contributed by atoms with E-state index in [0.29, 0.717) is 12.2 Å². The van der Waals surface area contributed by atoms with Crippen LogP contribution in [0.5, 0.6) is 5.75 Å². The van der Waals surface area contributed by atoms with Crippen molar-refractivity contribution < 1.29 is 9.53 Å². The summed E-state index contributed by atoms with van der Waals surface area (Å²) in [6, 6.07) is 7.22. The van der Waals surface area contributed by atoms with Crippen molar-refractivity contribution in [3.8, 4) is 5.75 Å². The number of methoxy groups -OCH3 is 1. The van der Waals surface area contributed by atoms with Crippen molar-refractivity contribution in [2.45, 2.75) is 19.4 Å². The standard InChI is InChI=1S/C18H25N5O2/c1-5-17-19-10-14(11-20-17)21-18(24)22-16(12-23(2)3)13-6-8-15(25-4)9-7-13/h6-11,16H,5,12H2,1-4H3,(H2,21,22,24)/t16-/m1/s1. The quantitative estimate of drug-likeness (QED) is 0.807. The molecule has 7 heteroatoms. The summed E-state index contributed by atoms with van der Waals surface area (Å²) in [5, 5.41) is 5.76. The zero-order chi connectivity index (χ0) is 18.2. The Bertz CT molecular complexity index is 671. The molecule has 0 unspecified atom stereocenters. The average molecular weight is 343 g/mol. The summed E-state index contributed by atoms with van der Waals surface area (Å²) in [7, 11) is 5.56. The molecule has 1 aromatic heterocycles. The molecule has 2 rings (SSSR count). The molecule has 0 saturated carbocycles. The number of likely N-dealkylation sites (N-methyl/N-ethyl adjacent to an activating group) is 1. The Morgan fingerprint density at radius 2 is 1.84 bits per heavy atom. The molecule has 0 saturated heterocycles. The van der Waals surface area contributed by atoms with Gasteiger partial charge in [-0.1, -0.05) is 19.1 Å². The Morgan fingerprint density at radius 1 is 1.20 bits per heavy atom. The number of benzene rings is 1. The van der Waals surface area contributed by atoms with E-state index in [2.05, 4.69) is 20.6 Å². The molecular weight excluding hydrogens is 318 g/mol. The number of rotatable bonds is 7. The maximum absolute atomic E-state index is 12.3. The summed E-state index contributed by atoms with van der Waals surface area (Å²) >= 11 is 0. The number of anilines is 1. The third-order valence-electron chi connectivity index (χ3n) is 3.65. The Kier molecular flexibility index (Phi) is 6.71. The summed E-state index contributed by atoms with van der Waals surface area (Å²) in [5.41, 5.74) is 1.57. The number of nitrogens with one attached hydrogen (secondary N) is 2. The van der Waals surface area contributed by atoms with E-state index in [0.717, 1.165) is 23.6 Å². The summed E-state index contributed by atoms with van der Waals surface area (Å²) in [6.07, 6.45) is 3.98. The number of nitrogens with zero attached hydrogens (tertiary/aromatic N) is 3. The molecule has 2 N–H and O–H groups in total. The van der Waals surface area contributed by atoms with Crippen molar-refractivity contribution in [2.24, 2.45) is 0 Å². The molecule has 0 aliphatic heterocycles. The van der Waals surface area contributed by atoms with Crippen LogP contribution < -0.4 is 15.4 Å². The van der Waals surface area contributed by atoms with Crippen LogP contribution in [0.15, 0.2) is 36.7 Å². The van der Waals surface area contributed by atoms with Gasteiger partial charge in [-0.3, -0.25) is 0 Å². The van der Waals surface area contributed by atoms with Gasteiger partial charge >= 0.3 is 6.03 Å². The largest absolute Gasteiger partial charge is 0.497 e. The maximum Gasteiger partial charge on any atom is 0.319 e. The fourth-order valence-corrected chi connectivity index (χ4v) is 2.36. The Hall–Kier alpha value is -2.67. The lowest BCUT2D eigenvalue weighted by atomic mass is 10.1. The van der Waals surface area contributed by atoms with E-state index >= 15 is 0 Å². The molecule has 0 fully saturated rings. The fraction of sp³-hybridized carbons (Fsp3) is 0.389. The van der Waals surface area contributed by atoms with Crippen LogP contribution in [0, 0.1) is 0 Å². The van der Waals surface area contributed by atoms with Gasteiger partial charge in [0.2, 0.25) is 0 Å². The number of amides is 2. The van der Waals surface area contributed by atoms with Crippen molar-refractivity contribution in [2.75, 3.05) is 33.1 Å². The van der Waals surface area contributed by atoms with Crippen LogP contribution in [0.1, 0.15) is 24.4 Å². The second-order valence-corrected chi connectivity index (χ2v) is 5.93. The second kappa shape index (κ2) is 8.98. The molecule has 0 radical (unpaired) electrons. The Balaban J connectivity index is 2.05. The molecular formula is C18H25N5O2. The van der Waals surface area contributed by atoms with Crippen LogP contribution in [0.2, 0.25) is 0 Å². The first kappa shape index (κ1) is 18.7. The smallest absolute Gasteiger partial charge is 0.319 e. The highest BCUT2D eigenvalue weighted by molar-refractivity contribution is 5.89. The summed E-state index contributed by atoms with van der Waals surface area (Å²) in [5.74, 6) is 1.53. The van der Waals surface area contributed by atoms with E-state index in [1.54, 1.807) is 19.5 Å². The predicted molar refractivity (Wildman–Crippen MR) is 97.9 cm³/mol. The zero-order valence-corrected chi connectivity index (χ0v) is 15.1. The van der Waals surface area contributed by atoms with Crippen LogP contribution in [0.3, 0.4) is 0 Å². The van der Waals surface area contributed by atoms with Crippen LogP contribution in [0.4, 0.5) is 10.5 Å². The second-order valence-electron chi connectivity index (χ2n) is 5.93. The van der Waals surface area contributed by atoms with Crippen molar-refractivity contribution in [1.82, 2.24) is 20.2 Å². The van der Waals surface area contributed by atoms with E-state index in [9.17, 15) is 4.79 Å². The van der Waals surface area contributed by atoms with Gasteiger partial charge in [0.1, 0.15) is 11.6 Å². The van der Waals surface area contributed by atoms with E-state index < -0.39 is 0 Å². The minimum absolute atomic E-state index is 0.156. The number of aryl methyl sites for hydroxylation is 1. The molecule has 1 aromatic carbocycles. The minimum atomic E-state index is -0.296. The van der Waals surface area contributed by atoms with Crippen LogP contribution >= 0.6 is 0 Å². The topological polar surface area (TPSA) is 79.4 Å². The molecule has 0 aliphatic carbocycles. The van der Waals surface area contributed by atoms with E-state index in [4.69, 9.17) is 4.74 Å². The monoisotopic (exact) mass is 343 g/mol. The number of hydrogen-bond donors (Lipinski definition) is 2. The number of ether oxygens (including phenoxy) is 1. The van der Waals surface area contributed by atoms with Gasteiger partial charge in [-0.2, -0.15) is 0 Å². The molecule has 134 valence electrons. The van der Waals surface area contributed by atoms with E-state index in [1.165, 1.54) is 0 Å².